The summed E-state index contributed by atoms with van der Waals surface area (Å²) >= 11 is 0. The molecule has 7 nitrogen and oxygen atoms in total. The number of carbonyl (C=O) groups excluding carboxylic acids is 1. The third-order valence-corrected chi connectivity index (χ3v) is 4.02. The van der Waals surface area contributed by atoms with Crippen LogP contribution in [0.3, 0.4) is 0 Å². The number of amides is 1. The molecule has 4 rings (SSSR count). The Morgan fingerprint density at radius 1 is 0.786 bits per heavy atom. The average Bonchev–Trinajstić information content (AvgIpc) is 2.69. The second-order valence-corrected chi connectivity index (χ2v) is 6.21. The molecule has 0 aliphatic carbocycles. The van der Waals surface area contributed by atoms with E-state index in [-0.39, 0.29) is 5.91 Å². The Bertz CT molecular complexity index is 1130. The SMILES string of the molecule is CC(=O)Nc1ccc(Nc2cc(Nc3ccc4ncccc4c3)ncn2)cc1. The number of benzene rings is 2. The highest BCUT2D eigenvalue weighted by atomic mass is 16.1. The van der Waals surface area contributed by atoms with Crippen LogP contribution < -0.4 is 16.0 Å². The Hall–Kier alpha value is -4.00. The third kappa shape index (κ3) is 4.21. The molecule has 4 aromatic rings. The standard InChI is InChI=1S/C21H18N6O/c1-14(28)25-16-4-6-17(7-5-16)26-20-12-21(24-13-23-20)27-18-8-9-19-15(11-18)3-2-10-22-19/h2-13H,1H3,(H,25,28)(H2,23,24,26,27). The molecule has 1 amide bonds. The van der Waals surface area contributed by atoms with E-state index in [2.05, 4.69) is 30.9 Å². The van der Waals surface area contributed by atoms with E-state index in [1.54, 1.807) is 6.20 Å². The summed E-state index contributed by atoms with van der Waals surface area (Å²) in [5.41, 5.74) is 3.47. The fourth-order valence-corrected chi connectivity index (χ4v) is 2.78. The van der Waals surface area contributed by atoms with Crippen LogP contribution in [-0.4, -0.2) is 20.9 Å². The van der Waals surface area contributed by atoms with Gasteiger partial charge in [0.1, 0.15) is 18.0 Å². The molecule has 138 valence electrons. The number of nitrogens with one attached hydrogen (secondary N) is 3. The van der Waals surface area contributed by atoms with Crippen LogP contribution in [0.25, 0.3) is 10.9 Å². The first-order valence-corrected chi connectivity index (χ1v) is 8.74. The maximum absolute atomic E-state index is 11.1. The minimum absolute atomic E-state index is 0.100. The zero-order chi connectivity index (χ0) is 19.3. The van der Waals surface area contributed by atoms with Crippen molar-refractivity contribution in [2.45, 2.75) is 6.92 Å². The summed E-state index contributed by atoms with van der Waals surface area (Å²) in [4.78, 5) is 24.0. The lowest BCUT2D eigenvalue weighted by molar-refractivity contribution is -0.114. The average molecular weight is 370 g/mol. The maximum Gasteiger partial charge on any atom is 0.221 e. The Labute approximate surface area is 161 Å². The van der Waals surface area contributed by atoms with Gasteiger partial charge in [0.25, 0.3) is 0 Å². The van der Waals surface area contributed by atoms with Crippen molar-refractivity contribution < 1.29 is 4.79 Å². The molecule has 0 radical (unpaired) electrons. The van der Waals surface area contributed by atoms with E-state index < -0.39 is 0 Å². The van der Waals surface area contributed by atoms with E-state index in [1.807, 2.05) is 60.7 Å². The Balaban J connectivity index is 1.48. The quantitative estimate of drug-likeness (QED) is 0.480. The molecule has 7 heteroatoms. The largest absolute Gasteiger partial charge is 0.340 e. The molecule has 0 fully saturated rings. The van der Waals surface area contributed by atoms with Crippen molar-refractivity contribution in [2.75, 3.05) is 16.0 Å². The molecule has 0 saturated heterocycles. The molecule has 3 N–H and O–H groups in total. The molecule has 2 heterocycles. The first kappa shape index (κ1) is 17.4. The van der Waals surface area contributed by atoms with E-state index in [0.717, 1.165) is 28.0 Å². The van der Waals surface area contributed by atoms with Gasteiger partial charge in [0, 0.05) is 41.6 Å². The third-order valence-electron chi connectivity index (χ3n) is 4.02. The summed E-state index contributed by atoms with van der Waals surface area (Å²) in [6.07, 6.45) is 3.28. The summed E-state index contributed by atoms with van der Waals surface area (Å²) in [6, 6.07) is 19.1. The second kappa shape index (κ2) is 7.71. The maximum atomic E-state index is 11.1. The van der Waals surface area contributed by atoms with Crippen molar-refractivity contribution in [2.24, 2.45) is 0 Å². The summed E-state index contributed by atoms with van der Waals surface area (Å²) in [5, 5.41) is 10.3. The number of hydrogen-bond acceptors (Lipinski definition) is 6. The van der Waals surface area contributed by atoms with Crippen LogP contribution in [0.15, 0.2) is 73.2 Å². The molecule has 0 atom stereocenters. The molecular formula is C21H18N6O. The Morgan fingerprint density at radius 2 is 1.46 bits per heavy atom. The van der Waals surface area contributed by atoms with Gasteiger partial charge in [0.2, 0.25) is 5.91 Å². The smallest absolute Gasteiger partial charge is 0.221 e. The summed E-state index contributed by atoms with van der Waals surface area (Å²) < 4.78 is 0. The number of pyridine rings is 1. The van der Waals surface area contributed by atoms with Crippen molar-refractivity contribution in [3.63, 3.8) is 0 Å². The molecule has 2 aromatic heterocycles. The molecule has 0 unspecified atom stereocenters. The van der Waals surface area contributed by atoms with Crippen molar-refractivity contribution in [1.82, 2.24) is 15.0 Å². The van der Waals surface area contributed by atoms with Gasteiger partial charge in [-0.05, 0) is 48.5 Å². The number of fused-ring (bicyclic) bond motifs is 1. The van der Waals surface area contributed by atoms with Gasteiger partial charge in [-0.1, -0.05) is 6.07 Å². The predicted molar refractivity (Wildman–Crippen MR) is 111 cm³/mol. The predicted octanol–water partition coefficient (Wildman–Crippen LogP) is 4.47. The molecule has 0 saturated carbocycles. The molecule has 0 aliphatic heterocycles. The van der Waals surface area contributed by atoms with Crippen LogP contribution in [0.1, 0.15) is 6.92 Å². The summed E-state index contributed by atoms with van der Waals surface area (Å²) in [5.74, 6) is 1.24. The van der Waals surface area contributed by atoms with E-state index >= 15 is 0 Å². The molecule has 2 aromatic carbocycles. The van der Waals surface area contributed by atoms with E-state index in [1.165, 1.54) is 13.3 Å². The zero-order valence-electron chi connectivity index (χ0n) is 15.2. The molecular weight excluding hydrogens is 352 g/mol. The first-order valence-electron chi connectivity index (χ1n) is 8.74. The van der Waals surface area contributed by atoms with E-state index in [4.69, 9.17) is 0 Å². The van der Waals surface area contributed by atoms with Gasteiger partial charge in [0.15, 0.2) is 0 Å². The normalized spacial score (nSPS) is 10.5. The topological polar surface area (TPSA) is 91.8 Å². The van der Waals surface area contributed by atoms with Gasteiger partial charge < -0.3 is 16.0 Å². The van der Waals surface area contributed by atoms with Crippen molar-refractivity contribution in [3.8, 4) is 0 Å². The van der Waals surface area contributed by atoms with Gasteiger partial charge in [-0.25, -0.2) is 9.97 Å². The van der Waals surface area contributed by atoms with Gasteiger partial charge in [0.05, 0.1) is 5.52 Å². The fourth-order valence-electron chi connectivity index (χ4n) is 2.78. The number of anilines is 5. The lowest BCUT2D eigenvalue weighted by atomic mass is 10.2. The highest BCUT2D eigenvalue weighted by molar-refractivity contribution is 5.89. The molecule has 0 spiro atoms. The summed E-state index contributed by atoms with van der Waals surface area (Å²) in [7, 11) is 0. The van der Waals surface area contributed by atoms with Crippen LogP contribution in [0.2, 0.25) is 0 Å². The minimum atomic E-state index is -0.100. The van der Waals surface area contributed by atoms with Crippen molar-refractivity contribution >= 4 is 45.5 Å². The van der Waals surface area contributed by atoms with Crippen LogP contribution in [0, 0.1) is 0 Å². The van der Waals surface area contributed by atoms with Crippen LogP contribution in [-0.2, 0) is 4.79 Å². The first-order chi connectivity index (χ1) is 13.7. The number of nitrogens with zero attached hydrogens (tertiary/aromatic N) is 3. The molecule has 0 aliphatic rings. The number of aromatic nitrogens is 3. The summed E-state index contributed by atoms with van der Waals surface area (Å²) in [6.45, 7) is 1.48. The van der Waals surface area contributed by atoms with Gasteiger partial charge >= 0.3 is 0 Å². The van der Waals surface area contributed by atoms with E-state index in [9.17, 15) is 4.79 Å². The minimum Gasteiger partial charge on any atom is -0.340 e. The van der Waals surface area contributed by atoms with Crippen LogP contribution in [0.5, 0.6) is 0 Å². The Morgan fingerprint density at radius 3 is 2.21 bits per heavy atom. The van der Waals surface area contributed by atoms with Crippen LogP contribution >= 0.6 is 0 Å². The van der Waals surface area contributed by atoms with E-state index in [0.29, 0.717) is 11.6 Å². The zero-order valence-corrected chi connectivity index (χ0v) is 15.2. The lowest BCUT2D eigenvalue weighted by Crippen LogP contribution is -2.05. The monoisotopic (exact) mass is 370 g/mol. The molecule has 28 heavy (non-hydrogen) atoms. The molecule has 0 bridgehead atoms. The fraction of sp³-hybridized carbons (Fsp3) is 0.0476. The van der Waals surface area contributed by atoms with Gasteiger partial charge in [-0.15, -0.1) is 0 Å². The highest BCUT2D eigenvalue weighted by Gasteiger charge is 2.03. The highest BCUT2D eigenvalue weighted by Crippen LogP contribution is 2.22. The number of rotatable bonds is 5. The van der Waals surface area contributed by atoms with Crippen LogP contribution in [0.4, 0.5) is 28.7 Å². The second-order valence-electron chi connectivity index (χ2n) is 6.21. The van der Waals surface area contributed by atoms with Gasteiger partial charge in [-0.2, -0.15) is 0 Å². The van der Waals surface area contributed by atoms with Crippen molar-refractivity contribution in [1.29, 1.82) is 0 Å². The van der Waals surface area contributed by atoms with Crippen molar-refractivity contribution in [3.05, 3.63) is 73.2 Å². The Kier molecular flexibility index (Phi) is 4.79. The van der Waals surface area contributed by atoms with Gasteiger partial charge in [-0.3, -0.25) is 9.78 Å². The number of hydrogen-bond donors (Lipinski definition) is 3. The number of carbonyl (C=O) groups is 1. The lowest BCUT2D eigenvalue weighted by Gasteiger charge is -2.10.